The molecule has 0 heterocycles. The molecule has 0 saturated carbocycles. The van der Waals surface area contributed by atoms with Crippen LogP contribution in [0, 0.1) is 23.3 Å². The van der Waals surface area contributed by atoms with Crippen molar-refractivity contribution in [1.82, 2.24) is 4.31 Å². The lowest BCUT2D eigenvalue weighted by Crippen LogP contribution is -2.37. The third-order valence-electron chi connectivity index (χ3n) is 3.60. The quantitative estimate of drug-likeness (QED) is 0.361. The van der Waals surface area contributed by atoms with Crippen LogP contribution in [0.2, 0.25) is 10.0 Å². The van der Waals surface area contributed by atoms with E-state index in [0.29, 0.717) is 14.2 Å². The molecule has 6 nitrogen and oxygen atoms in total. The summed E-state index contributed by atoms with van der Waals surface area (Å²) in [5, 5.41) is 0.294. The number of carbonyl (C=O) groups is 1. The summed E-state index contributed by atoms with van der Waals surface area (Å²) >= 11 is 11.6. The van der Waals surface area contributed by atoms with Gasteiger partial charge >= 0.3 is 0 Å². The Kier molecular flexibility index (Phi) is 6.86. The van der Waals surface area contributed by atoms with Gasteiger partial charge < -0.3 is 9.47 Å². The number of rotatable bonds is 6. The molecule has 0 saturated heterocycles. The van der Waals surface area contributed by atoms with Crippen LogP contribution in [0.1, 0.15) is 0 Å². The molecule has 0 atom stereocenters. The van der Waals surface area contributed by atoms with Gasteiger partial charge in [-0.3, -0.25) is 4.79 Å². The summed E-state index contributed by atoms with van der Waals surface area (Å²) in [5.41, 5.74) is 0. The number of halogens is 6. The van der Waals surface area contributed by atoms with E-state index in [0.717, 1.165) is 0 Å². The molecule has 0 unspecified atom stereocenters. The molecule has 2 aromatic rings. The summed E-state index contributed by atoms with van der Waals surface area (Å²) in [6.45, 7) is -0.896. The van der Waals surface area contributed by atoms with Crippen molar-refractivity contribution >= 4 is 39.1 Å². The Balaban J connectivity index is 2.37. The van der Waals surface area contributed by atoms with Crippen molar-refractivity contribution in [3.8, 4) is 11.5 Å². The van der Waals surface area contributed by atoms with Crippen LogP contribution < -0.4 is 9.47 Å². The van der Waals surface area contributed by atoms with Crippen molar-refractivity contribution in [1.29, 1.82) is 0 Å². The standard InChI is InChI=1S/C16H11Cl2F4NO5S/c1-23(10(24)6-28-9-4-3-7(17)5-8(9)18)29(25,26)16-14(22)12(20)11(19)13(21)15(16)27-2/h3-5H,6H2,1-2H3. The number of nitrogens with zero attached hydrogens (tertiary/aromatic N) is 1. The molecule has 0 aliphatic carbocycles. The zero-order chi connectivity index (χ0) is 22.1. The molecule has 2 rings (SSSR count). The molecule has 0 N–H and O–H groups in total. The van der Waals surface area contributed by atoms with Gasteiger partial charge in [0.1, 0.15) is 5.75 Å². The van der Waals surface area contributed by atoms with Gasteiger partial charge in [-0.25, -0.2) is 25.9 Å². The zero-order valence-electron chi connectivity index (χ0n) is 14.6. The van der Waals surface area contributed by atoms with Gasteiger partial charge in [-0.15, -0.1) is 0 Å². The van der Waals surface area contributed by atoms with Gasteiger partial charge in [-0.2, -0.15) is 4.39 Å². The lowest BCUT2D eigenvalue weighted by atomic mass is 10.3. The molecule has 0 fully saturated rings. The van der Waals surface area contributed by atoms with Crippen LogP contribution in [-0.4, -0.2) is 39.4 Å². The Morgan fingerprint density at radius 2 is 1.66 bits per heavy atom. The number of ether oxygens (including phenoxy) is 2. The zero-order valence-corrected chi connectivity index (χ0v) is 16.9. The van der Waals surface area contributed by atoms with Crippen LogP contribution in [0.3, 0.4) is 0 Å². The summed E-state index contributed by atoms with van der Waals surface area (Å²) in [6, 6.07) is 3.99. The fraction of sp³-hybridized carbons (Fsp3) is 0.188. The number of methoxy groups -OCH3 is 1. The van der Waals surface area contributed by atoms with E-state index in [-0.39, 0.29) is 20.1 Å². The maximum atomic E-state index is 14.1. The molecule has 0 bridgehead atoms. The van der Waals surface area contributed by atoms with Crippen LogP contribution >= 0.6 is 23.2 Å². The lowest BCUT2D eigenvalue weighted by Gasteiger charge is -2.20. The summed E-state index contributed by atoms with van der Waals surface area (Å²) < 4.78 is 89.3. The predicted octanol–water partition coefficient (Wildman–Crippen LogP) is 3.78. The Morgan fingerprint density at radius 1 is 1.07 bits per heavy atom. The summed E-state index contributed by atoms with van der Waals surface area (Å²) in [4.78, 5) is 10.5. The molecular formula is C16H11Cl2F4NO5S. The first-order valence-corrected chi connectivity index (χ1v) is 9.62. The Hall–Kier alpha value is -2.24. The number of hydrogen-bond acceptors (Lipinski definition) is 5. The van der Waals surface area contributed by atoms with Gasteiger partial charge in [0.2, 0.25) is 11.6 Å². The van der Waals surface area contributed by atoms with Crippen LogP contribution in [0.5, 0.6) is 11.5 Å². The molecule has 0 aliphatic heterocycles. The van der Waals surface area contributed by atoms with E-state index >= 15 is 0 Å². The van der Waals surface area contributed by atoms with Crippen molar-refractivity contribution < 1.29 is 40.2 Å². The van der Waals surface area contributed by atoms with E-state index in [9.17, 15) is 30.8 Å². The average molecular weight is 476 g/mol. The highest BCUT2D eigenvalue weighted by Crippen LogP contribution is 2.35. The number of benzene rings is 2. The van der Waals surface area contributed by atoms with Crippen molar-refractivity contribution in [3.05, 3.63) is 51.5 Å². The minimum atomic E-state index is -5.19. The second-order valence-electron chi connectivity index (χ2n) is 5.35. The second kappa shape index (κ2) is 8.64. The van der Waals surface area contributed by atoms with E-state index < -0.39 is 56.5 Å². The third-order valence-corrected chi connectivity index (χ3v) is 5.94. The van der Waals surface area contributed by atoms with Gasteiger partial charge in [0.05, 0.1) is 12.1 Å². The summed E-state index contributed by atoms with van der Waals surface area (Å²) in [7, 11) is -3.80. The molecule has 158 valence electrons. The molecule has 29 heavy (non-hydrogen) atoms. The van der Waals surface area contributed by atoms with Crippen LogP contribution in [0.25, 0.3) is 0 Å². The number of sulfonamides is 1. The van der Waals surface area contributed by atoms with E-state index in [2.05, 4.69) is 4.74 Å². The highest BCUT2D eigenvalue weighted by atomic mass is 35.5. The van der Waals surface area contributed by atoms with E-state index in [4.69, 9.17) is 27.9 Å². The van der Waals surface area contributed by atoms with Gasteiger partial charge in [0, 0.05) is 12.1 Å². The molecular weight excluding hydrogens is 465 g/mol. The highest BCUT2D eigenvalue weighted by molar-refractivity contribution is 7.89. The first kappa shape index (κ1) is 23.0. The molecule has 2 aromatic carbocycles. The number of amides is 1. The number of hydrogen-bond donors (Lipinski definition) is 0. The minimum Gasteiger partial charge on any atom is -0.492 e. The topological polar surface area (TPSA) is 72.9 Å². The minimum absolute atomic E-state index is 0.0159. The molecule has 0 aromatic heterocycles. The first-order chi connectivity index (χ1) is 13.4. The van der Waals surface area contributed by atoms with Crippen molar-refractivity contribution in [2.75, 3.05) is 20.8 Å². The van der Waals surface area contributed by atoms with Gasteiger partial charge in [-0.1, -0.05) is 23.2 Å². The fourth-order valence-corrected chi connectivity index (χ4v) is 3.88. The van der Waals surface area contributed by atoms with Crippen LogP contribution in [0.4, 0.5) is 17.6 Å². The normalized spacial score (nSPS) is 11.3. The number of likely N-dealkylation sites (N-methyl/N-ethyl adjacent to an activating group) is 1. The lowest BCUT2D eigenvalue weighted by molar-refractivity contribution is -0.127. The van der Waals surface area contributed by atoms with Gasteiger partial charge in [0.25, 0.3) is 15.9 Å². The van der Waals surface area contributed by atoms with Crippen LogP contribution in [-0.2, 0) is 14.8 Å². The Labute approximate surface area is 172 Å². The van der Waals surface area contributed by atoms with E-state index in [1.165, 1.54) is 18.2 Å². The molecule has 0 spiro atoms. The van der Waals surface area contributed by atoms with Crippen LogP contribution in [0.15, 0.2) is 23.1 Å². The van der Waals surface area contributed by atoms with Gasteiger partial charge in [0.15, 0.2) is 28.9 Å². The monoisotopic (exact) mass is 475 g/mol. The second-order valence-corrected chi connectivity index (χ2v) is 8.10. The van der Waals surface area contributed by atoms with Crippen molar-refractivity contribution in [2.45, 2.75) is 4.90 Å². The maximum Gasteiger partial charge on any atom is 0.273 e. The SMILES string of the molecule is COc1c(F)c(F)c(F)c(F)c1S(=O)(=O)N(C)C(=O)COc1ccc(Cl)cc1Cl. The third kappa shape index (κ3) is 4.36. The summed E-state index contributed by atoms with van der Waals surface area (Å²) in [5.74, 6) is -11.7. The maximum absolute atomic E-state index is 14.1. The van der Waals surface area contributed by atoms with Gasteiger partial charge in [-0.05, 0) is 18.2 Å². The Bertz CT molecular complexity index is 1080. The first-order valence-electron chi connectivity index (χ1n) is 7.43. The van der Waals surface area contributed by atoms with E-state index in [1.54, 1.807) is 0 Å². The highest BCUT2D eigenvalue weighted by Gasteiger charge is 2.38. The van der Waals surface area contributed by atoms with E-state index in [1.807, 2.05) is 0 Å². The summed E-state index contributed by atoms with van der Waals surface area (Å²) in [6.07, 6.45) is 0. The van der Waals surface area contributed by atoms with Crippen molar-refractivity contribution in [2.24, 2.45) is 0 Å². The Morgan fingerprint density at radius 3 is 2.21 bits per heavy atom. The molecule has 0 radical (unpaired) electrons. The fourth-order valence-electron chi connectivity index (χ4n) is 2.10. The van der Waals surface area contributed by atoms with Crippen molar-refractivity contribution in [3.63, 3.8) is 0 Å². The number of carbonyl (C=O) groups excluding carboxylic acids is 1. The smallest absolute Gasteiger partial charge is 0.273 e. The predicted molar refractivity (Wildman–Crippen MR) is 94.7 cm³/mol. The largest absolute Gasteiger partial charge is 0.492 e. The molecule has 1 amide bonds. The molecule has 0 aliphatic rings. The average Bonchev–Trinajstić information content (AvgIpc) is 2.67. The molecule has 13 heteroatoms.